The Bertz CT molecular complexity index is 637. The van der Waals surface area contributed by atoms with Gasteiger partial charge in [0.05, 0.1) is 0 Å². The zero-order valence-corrected chi connectivity index (χ0v) is 15.1. The topological polar surface area (TPSA) is 75.7 Å². The van der Waals surface area contributed by atoms with E-state index in [9.17, 15) is 14.4 Å². The first kappa shape index (κ1) is 19.0. The summed E-state index contributed by atoms with van der Waals surface area (Å²) in [6.07, 6.45) is 2.12. The molecule has 1 atom stereocenters. The van der Waals surface area contributed by atoms with Gasteiger partial charge in [0.1, 0.15) is 11.9 Å². The van der Waals surface area contributed by atoms with Crippen LogP contribution in [0.3, 0.4) is 0 Å². The molecule has 0 aliphatic carbocycles. The quantitative estimate of drug-likeness (QED) is 0.851. The van der Waals surface area contributed by atoms with E-state index in [4.69, 9.17) is 4.74 Å². The highest BCUT2D eigenvalue weighted by Gasteiger charge is 2.24. The molecule has 1 aliphatic rings. The molecule has 1 aliphatic heterocycles. The van der Waals surface area contributed by atoms with Crippen LogP contribution in [-0.2, 0) is 16.1 Å². The minimum atomic E-state index is -0.550. The Hall–Kier alpha value is -2.37. The van der Waals surface area contributed by atoms with Crippen molar-refractivity contribution in [1.29, 1.82) is 0 Å². The summed E-state index contributed by atoms with van der Waals surface area (Å²) < 4.78 is 5.20. The molecule has 1 heterocycles. The summed E-state index contributed by atoms with van der Waals surface area (Å²) in [6, 6.07) is 7.16. The van der Waals surface area contributed by atoms with E-state index >= 15 is 0 Å². The van der Waals surface area contributed by atoms with Gasteiger partial charge in [0.2, 0.25) is 0 Å². The van der Waals surface area contributed by atoms with Crippen molar-refractivity contribution in [2.75, 3.05) is 13.1 Å². The van der Waals surface area contributed by atoms with Crippen molar-refractivity contribution in [3.8, 4) is 0 Å². The molecule has 2 amide bonds. The van der Waals surface area contributed by atoms with Crippen molar-refractivity contribution in [2.24, 2.45) is 5.92 Å². The third-order valence-corrected chi connectivity index (χ3v) is 3.95. The molecule has 0 spiro atoms. The third kappa shape index (κ3) is 5.89. The van der Waals surface area contributed by atoms with Crippen LogP contribution in [0, 0.1) is 5.92 Å². The van der Waals surface area contributed by atoms with Gasteiger partial charge in [0.25, 0.3) is 5.91 Å². The monoisotopic (exact) mass is 346 g/mol. The lowest BCUT2D eigenvalue weighted by atomic mass is 9.98. The van der Waals surface area contributed by atoms with E-state index in [1.807, 2.05) is 6.07 Å². The van der Waals surface area contributed by atoms with Gasteiger partial charge in [0, 0.05) is 31.1 Å². The standard InChI is InChI=1S/C19H26N2O4/c1-19(2,3)25-18(24)20-11-14-6-4-8-16(10-14)17(23)21-9-5-7-15(12-21)13-22/h4,6,8,10,13,15H,5,7,9,11-12H2,1-3H3,(H,20,24)/t15-/m1/s1. The highest BCUT2D eigenvalue weighted by Crippen LogP contribution is 2.18. The molecule has 6 nitrogen and oxygen atoms in total. The number of aldehydes is 1. The van der Waals surface area contributed by atoms with Crippen molar-refractivity contribution >= 4 is 18.3 Å². The minimum Gasteiger partial charge on any atom is -0.444 e. The maximum Gasteiger partial charge on any atom is 0.407 e. The Kier molecular flexibility index (Phi) is 6.17. The van der Waals surface area contributed by atoms with Crippen molar-refractivity contribution in [2.45, 2.75) is 45.8 Å². The number of carbonyl (C=O) groups excluding carboxylic acids is 3. The third-order valence-electron chi connectivity index (χ3n) is 3.95. The molecular weight excluding hydrogens is 320 g/mol. The van der Waals surface area contributed by atoms with Gasteiger partial charge in [-0.25, -0.2) is 4.79 Å². The second-order valence-electron chi connectivity index (χ2n) is 7.35. The summed E-state index contributed by atoms with van der Waals surface area (Å²) in [5.74, 6) is -0.152. The maximum atomic E-state index is 12.6. The number of nitrogens with zero attached hydrogens (tertiary/aromatic N) is 1. The highest BCUT2D eigenvalue weighted by molar-refractivity contribution is 5.94. The van der Waals surface area contributed by atoms with Gasteiger partial charge in [0.15, 0.2) is 0 Å². The van der Waals surface area contributed by atoms with Gasteiger partial charge in [-0.05, 0) is 51.3 Å². The molecule has 6 heteroatoms. The fourth-order valence-electron chi connectivity index (χ4n) is 2.79. The number of piperidine rings is 1. The number of hydrogen-bond acceptors (Lipinski definition) is 4. The van der Waals surface area contributed by atoms with Gasteiger partial charge in [-0.1, -0.05) is 12.1 Å². The second-order valence-corrected chi connectivity index (χ2v) is 7.35. The Labute approximate surface area is 148 Å². The molecule has 1 N–H and O–H groups in total. The average molecular weight is 346 g/mol. The summed E-state index contributed by atoms with van der Waals surface area (Å²) in [4.78, 5) is 37.1. The first-order chi connectivity index (χ1) is 11.8. The molecule has 0 aromatic heterocycles. The minimum absolute atomic E-state index is 0.0743. The van der Waals surface area contributed by atoms with Crippen LogP contribution in [0.15, 0.2) is 24.3 Å². The molecule has 1 fully saturated rings. The number of carbonyl (C=O) groups is 3. The van der Waals surface area contributed by atoms with Crippen LogP contribution in [-0.4, -0.2) is 41.9 Å². The summed E-state index contributed by atoms with van der Waals surface area (Å²) >= 11 is 0. The summed E-state index contributed by atoms with van der Waals surface area (Å²) in [5.41, 5.74) is 0.835. The molecule has 136 valence electrons. The first-order valence-electron chi connectivity index (χ1n) is 8.59. The van der Waals surface area contributed by atoms with E-state index in [0.717, 1.165) is 24.7 Å². The molecule has 0 unspecified atom stereocenters. The van der Waals surface area contributed by atoms with Gasteiger partial charge in [-0.2, -0.15) is 0 Å². The summed E-state index contributed by atoms with van der Waals surface area (Å²) in [6.45, 7) is 6.84. The number of likely N-dealkylation sites (tertiary alicyclic amines) is 1. The van der Waals surface area contributed by atoms with Crippen molar-refractivity contribution < 1.29 is 19.1 Å². The number of amides is 2. The normalized spacial score (nSPS) is 17.7. The van der Waals surface area contributed by atoms with E-state index < -0.39 is 11.7 Å². The number of ether oxygens (including phenoxy) is 1. The lowest BCUT2D eigenvalue weighted by molar-refractivity contribution is -0.112. The van der Waals surface area contributed by atoms with Crippen LogP contribution < -0.4 is 5.32 Å². The molecule has 0 saturated carbocycles. The lowest BCUT2D eigenvalue weighted by Gasteiger charge is -2.30. The molecule has 25 heavy (non-hydrogen) atoms. The fourth-order valence-corrected chi connectivity index (χ4v) is 2.79. The van der Waals surface area contributed by atoms with Crippen LogP contribution in [0.4, 0.5) is 4.79 Å². The van der Waals surface area contributed by atoms with E-state index in [0.29, 0.717) is 18.7 Å². The zero-order chi connectivity index (χ0) is 18.4. The summed E-state index contributed by atoms with van der Waals surface area (Å²) in [5, 5.41) is 2.68. The average Bonchev–Trinajstić information content (AvgIpc) is 2.58. The summed E-state index contributed by atoms with van der Waals surface area (Å²) in [7, 11) is 0. The van der Waals surface area contributed by atoms with Crippen LogP contribution in [0.2, 0.25) is 0 Å². The van der Waals surface area contributed by atoms with Gasteiger partial charge < -0.3 is 19.7 Å². The van der Waals surface area contributed by atoms with Crippen molar-refractivity contribution in [1.82, 2.24) is 10.2 Å². The molecule has 1 saturated heterocycles. The van der Waals surface area contributed by atoms with E-state index in [-0.39, 0.29) is 18.4 Å². The molecule has 1 aromatic rings. The number of hydrogen-bond donors (Lipinski definition) is 1. The predicted molar refractivity (Wildman–Crippen MR) is 94.2 cm³/mol. The number of rotatable bonds is 4. The highest BCUT2D eigenvalue weighted by atomic mass is 16.6. The van der Waals surface area contributed by atoms with Gasteiger partial charge in [-0.3, -0.25) is 4.79 Å². The van der Waals surface area contributed by atoms with Crippen LogP contribution in [0.1, 0.15) is 49.5 Å². The maximum absolute atomic E-state index is 12.6. The zero-order valence-electron chi connectivity index (χ0n) is 15.1. The van der Waals surface area contributed by atoms with E-state index in [2.05, 4.69) is 5.32 Å². The van der Waals surface area contributed by atoms with E-state index in [1.165, 1.54) is 0 Å². The lowest BCUT2D eigenvalue weighted by Crippen LogP contribution is -2.40. The number of alkyl carbamates (subject to hydrolysis) is 1. The van der Waals surface area contributed by atoms with Crippen molar-refractivity contribution in [3.05, 3.63) is 35.4 Å². The molecular formula is C19H26N2O4. The van der Waals surface area contributed by atoms with Crippen LogP contribution in [0.5, 0.6) is 0 Å². The number of benzene rings is 1. The molecule has 0 bridgehead atoms. The van der Waals surface area contributed by atoms with Crippen LogP contribution >= 0.6 is 0 Å². The predicted octanol–water partition coefficient (Wildman–Crippen LogP) is 2.76. The van der Waals surface area contributed by atoms with Gasteiger partial charge >= 0.3 is 6.09 Å². The SMILES string of the molecule is CC(C)(C)OC(=O)NCc1cccc(C(=O)N2CCC[C@@H](C=O)C2)c1. The largest absolute Gasteiger partial charge is 0.444 e. The molecule has 1 aromatic carbocycles. The van der Waals surface area contributed by atoms with Crippen LogP contribution in [0.25, 0.3) is 0 Å². The fraction of sp³-hybridized carbons (Fsp3) is 0.526. The molecule has 0 radical (unpaired) electrons. The Morgan fingerprint density at radius 2 is 2.12 bits per heavy atom. The van der Waals surface area contributed by atoms with E-state index in [1.54, 1.807) is 43.9 Å². The Morgan fingerprint density at radius 1 is 1.36 bits per heavy atom. The Morgan fingerprint density at radius 3 is 2.80 bits per heavy atom. The number of nitrogens with one attached hydrogen (secondary N) is 1. The Balaban J connectivity index is 1.97. The smallest absolute Gasteiger partial charge is 0.407 e. The van der Waals surface area contributed by atoms with Gasteiger partial charge in [-0.15, -0.1) is 0 Å². The van der Waals surface area contributed by atoms with Crippen molar-refractivity contribution in [3.63, 3.8) is 0 Å². The first-order valence-corrected chi connectivity index (χ1v) is 8.59. The second kappa shape index (κ2) is 8.14. The molecule has 2 rings (SSSR count).